The lowest BCUT2D eigenvalue weighted by molar-refractivity contribution is -0.145. The first-order valence-corrected chi connectivity index (χ1v) is 9.07. The molecule has 1 amide bonds. The largest absolute Gasteiger partial charge is 0.381 e. The van der Waals surface area contributed by atoms with Gasteiger partial charge < -0.3 is 14.2 Å². The topological polar surface area (TPSA) is 63.5 Å². The molecular weight excluding hydrogens is 306 g/mol. The maximum atomic E-state index is 12.9. The summed E-state index contributed by atoms with van der Waals surface area (Å²) < 4.78 is 7.52. The van der Waals surface area contributed by atoms with Gasteiger partial charge in [0.2, 0.25) is 5.91 Å². The van der Waals surface area contributed by atoms with Crippen molar-refractivity contribution in [1.82, 2.24) is 24.6 Å². The van der Waals surface area contributed by atoms with E-state index in [1.807, 2.05) is 18.9 Å². The van der Waals surface area contributed by atoms with Crippen LogP contribution < -0.4 is 0 Å². The van der Waals surface area contributed by atoms with Crippen molar-refractivity contribution in [2.75, 3.05) is 33.4 Å². The normalized spacial score (nSPS) is 26.2. The van der Waals surface area contributed by atoms with Crippen molar-refractivity contribution in [3.05, 3.63) is 11.6 Å². The number of rotatable bonds is 3. The predicted octanol–water partition coefficient (Wildman–Crippen LogP) is 0.676. The van der Waals surface area contributed by atoms with Crippen LogP contribution in [0.3, 0.4) is 0 Å². The lowest BCUT2D eigenvalue weighted by Crippen LogP contribution is -2.58. The van der Waals surface area contributed by atoms with Crippen LogP contribution >= 0.6 is 0 Å². The second-order valence-electron chi connectivity index (χ2n) is 7.61. The zero-order valence-electron chi connectivity index (χ0n) is 14.6. The third-order valence-electron chi connectivity index (χ3n) is 5.85. The van der Waals surface area contributed by atoms with Crippen molar-refractivity contribution in [3.8, 4) is 0 Å². The van der Waals surface area contributed by atoms with Crippen molar-refractivity contribution in [2.24, 2.45) is 11.8 Å². The highest BCUT2D eigenvalue weighted by Gasteiger charge is 2.39. The van der Waals surface area contributed by atoms with Crippen LogP contribution in [0.5, 0.6) is 0 Å². The fourth-order valence-electron chi connectivity index (χ4n) is 4.25. The lowest BCUT2D eigenvalue weighted by atomic mass is 9.84. The number of aromatic nitrogens is 3. The molecule has 3 aliphatic heterocycles. The van der Waals surface area contributed by atoms with Crippen molar-refractivity contribution in [3.63, 3.8) is 0 Å². The third-order valence-corrected chi connectivity index (χ3v) is 5.85. The monoisotopic (exact) mass is 333 g/mol. The van der Waals surface area contributed by atoms with Gasteiger partial charge in [-0.25, -0.2) is 0 Å². The Morgan fingerprint density at radius 1 is 1.17 bits per heavy atom. The van der Waals surface area contributed by atoms with E-state index in [4.69, 9.17) is 4.74 Å². The van der Waals surface area contributed by atoms with E-state index in [2.05, 4.69) is 19.7 Å². The van der Waals surface area contributed by atoms with Gasteiger partial charge in [-0.05, 0) is 45.1 Å². The first kappa shape index (κ1) is 16.0. The Hall–Kier alpha value is -1.47. The van der Waals surface area contributed by atoms with Crippen LogP contribution in [0, 0.1) is 18.8 Å². The second-order valence-corrected chi connectivity index (χ2v) is 7.61. The number of carbonyl (C=O) groups excluding carboxylic acids is 1. The van der Waals surface area contributed by atoms with Gasteiger partial charge in [0.25, 0.3) is 0 Å². The van der Waals surface area contributed by atoms with Crippen LogP contribution in [0.2, 0.25) is 0 Å². The Morgan fingerprint density at radius 3 is 2.67 bits per heavy atom. The van der Waals surface area contributed by atoms with Crippen LogP contribution in [0.15, 0.2) is 0 Å². The average Bonchev–Trinajstić information content (AvgIpc) is 2.90. The van der Waals surface area contributed by atoms with E-state index in [9.17, 15) is 4.79 Å². The molecule has 24 heavy (non-hydrogen) atoms. The number of likely N-dealkylation sites (tertiary alicyclic amines) is 1. The van der Waals surface area contributed by atoms with E-state index in [1.54, 1.807) is 0 Å². The first-order chi connectivity index (χ1) is 11.6. The molecule has 2 saturated heterocycles. The summed E-state index contributed by atoms with van der Waals surface area (Å²) in [6.45, 7) is 6.99. The molecule has 0 aromatic carbocycles. The molecule has 0 N–H and O–H groups in total. The van der Waals surface area contributed by atoms with Gasteiger partial charge in [0.15, 0.2) is 0 Å². The molecule has 1 unspecified atom stereocenters. The van der Waals surface area contributed by atoms with Gasteiger partial charge in [0.05, 0.1) is 13.1 Å². The Kier molecular flexibility index (Phi) is 4.30. The molecule has 4 heterocycles. The number of amides is 1. The molecule has 1 aromatic heterocycles. The molecule has 0 aliphatic carbocycles. The molecule has 132 valence electrons. The number of hydrogen-bond donors (Lipinski definition) is 0. The zero-order chi connectivity index (χ0) is 16.7. The van der Waals surface area contributed by atoms with E-state index in [-0.39, 0.29) is 11.9 Å². The van der Waals surface area contributed by atoms with E-state index in [1.165, 1.54) is 19.3 Å². The van der Waals surface area contributed by atoms with Crippen LogP contribution in [0.25, 0.3) is 0 Å². The maximum Gasteiger partial charge on any atom is 0.241 e. The highest BCUT2D eigenvalue weighted by Crippen LogP contribution is 2.30. The molecule has 7 heteroatoms. The molecule has 0 spiro atoms. The molecule has 3 aliphatic rings. The molecule has 0 bridgehead atoms. The first-order valence-electron chi connectivity index (χ1n) is 9.07. The molecule has 0 saturated carbocycles. The Bertz CT molecular complexity index is 604. The maximum absolute atomic E-state index is 12.9. The van der Waals surface area contributed by atoms with Gasteiger partial charge in [0.1, 0.15) is 17.7 Å². The summed E-state index contributed by atoms with van der Waals surface area (Å²) in [6, 6.07) is -0.0868. The van der Waals surface area contributed by atoms with E-state index < -0.39 is 0 Å². The van der Waals surface area contributed by atoms with Gasteiger partial charge in [-0.1, -0.05) is 0 Å². The summed E-state index contributed by atoms with van der Waals surface area (Å²) in [4.78, 5) is 17.0. The molecule has 1 atom stereocenters. The number of aryl methyl sites for hydroxylation is 1. The number of fused-ring (bicyclic) bond motifs is 1. The van der Waals surface area contributed by atoms with Crippen LogP contribution in [0.1, 0.15) is 30.9 Å². The lowest BCUT2D eigenvalue weighted by Gasteiger charge is -2.44. The fraction of sp³-hybridized carbons (Fsp3) is 0.824. The number of carbonyl (C=O) groups is 1. The minimum Gasteiger partial charge on any atom is -0.381 e. The van der Waals surface area contributed by atoms with Crippen molar-refractivity contribution >= 4 is 5.91 Å². The Morgan fingerprint density at radius 2 is 1.92 bits per heavy atom. The fourth-order valence-corrected chi connectivity index (χ4v) is 4.25. The highest BCUT2D eigenvalue weighted by atomic mass is 16.5. The Labute approximate surface area is 143 Å². The molecule has 4 rings (SSSR count). The summed E-state index contributed by atoms with van der Waals surface area (Å²) >= 11 is 0. The smallest absolute Gasteiger partial charge is 0.241 e. The van der Waals surface area contributed by atoms with E-state index in [0.29, 0.717) is 19.0 Å². The SMILES string of the molecule is Cc1nnc2n1CC(C(=O)N1CC(CC3CCOCC3)C1)N(C)C2. The minimum absolute atomic E-state index is 0.0868. The molecular formula is C17H27N5O2. The number of hydrogen-bond acceptors (Lipinski definition) is 5. The third kappa shape index (κ3) is 2.95. The van der Waals surface area contributed by atoms with E-state index in [0.717, 1.165) is 43.9 Å². The minimum atomic E-state index is -0.0868. The highest BCUT2D eigenvalue weighted by molar-refractivity contribution is 5.82. The number of nitrogens with zero attached hydrogens (tertiary/aromatic N) is 5. The van der Waals surface area contributed by atoms with Gasteiger partial charge in [-0.3, -0.25) is 9.69 Å². The second kappa shape index (κ2) is 6.44. The van der Waals surface area contributed by atoms with Crippen LogP contribution in [-0.4, -0.2) is 69.9 Å². The zero-order valence-corrected chi connectivity index (χ0v) is 14.6. The Balaban J connectivity index is 1.31. The molecule has 2 fully saturated rings. The molecule has 7 nitrogen and oxygen atoms in total. The summed E-state index contributed by atoms with van der Waals surface area (Å²) in [5.74, 6) is 3.59. The average molecular weight is 333 g/mol. The number of ether oxygens (including phenoxy) is 1. The standard InChI is InChI=1S/C17H27N5O2/c1-12-18-19-16-11-20(2)15(10-22(12)16)17(23)21-8-14(9-21)7-13-3-5-24-6-4-13/h13-15H,3-11H2,1-2H3. The molecule has 0 radical (unpaired) electrons. The van der Waals surface area contributed by atoms with Gasteiger partial charge in [0, 0.05) is 26.3 Å². The van der Waals surface area contributed by atoms with Crippen molar-refractivity contribution < 1.29 is 9.53 Å². The number of likely N-dealkylation sites (N-methyl/N-ethyl adjacent to an activating group) is 1. The van der Waals surface area contributed by atoms with Crippen molar-refractivity contribution in [2.45, 2.75) is 45.3 Å². The van der Waals surface area contributed by atoms with Gasteiger partial charge >= 0.3 is 0 Å². The summed E-state index contributed by atoms with van der Waals surface area (Å²) in [5.41, 5.74) is 0. The van der Waals surface area contributed by atoms with Crippen molar-refractivity contribution in [1.29, 1.82) is 0 Å². The summed E-state index contributed by atoms with van der Waals surface area (Å²) in [7, 11) is 2.01. The quantitative estimate of drug-likeness (QED) is 0.814. The van der Waals surface area contributed by atoms with Gasteiger partial charge in [-0.15, -0.1) is 10.2 Å². The predicted molar refractivity (Wildman–Crippen MR) is 88.2 cm³/mol. The summed E-state index contributed by atoms with van der Waals surface area (Å²) in [5, 5.41) is 8.33. The van der Waals surface area contributed by atoms with Gasteiger partial charge in [-0.2, -0.15) is 0 Å². The summed E-state index contributed by atoms with van der Waals surface area (Å²) in [6.07, 6.45) is 3.62. The van der Waals surface area contributed by atoms with Crippen LogP contribution in [0.4, 0.5) is 0 Å². The molecule has 1 aromatic rings. The van der Waals surface area contributed by atoms with E-state index >= 15 is 0 Å². The van der Waals surface area contributed by atoms with Crippen LogP contribution in [-0.2, 0) is 22.6 Å².